The summed E-state index contributed by atoms with van der Waals surface area (Å²) in [6.45, 7) is 6.52. The van der Waals surface area contributed by atoms with Crippen LogP contribution in [0.1, 0.15) is 5.69 Å². The van der Waals surface area contributed by atoms with E-state index in [-0.39, 0.29) is 0 Å². The molecule has 1 aromatic heterocycles. The van der Waals surface area contributed by atoms with E-state index in [4.69, 9.17) is 17.3 Å². The molecule has 0 spiro atoms. The Morgan fingerprint density at radius 3 is 2.50 bits per heavy atom. The van der Waals surface area contributed by atoms with Gasteiger partial charge >= 0.3 is 0 Å². The number of aromatic nitrogens is 1. The van der Waals surface area contributed by atoms with Gasteiger partial charge < -0.3 is 5.73 Å². The molecule has 14 heavy (non-hydrogen) atoms. The number of nitrogen functional groups attached to an aromatic ring is 1. The van der Waals surface area contributed by atoms with Crippen molar-refractivity contribution in [3.63, 3.8) is 0 Å². The van der Waals surface area contributed by atoms with Gasteiger partial charge in [-0.05, 0) is 12.1 Å². The average molecular weight is 225 g/mol. The van der Waals surface area contributed by atoms with Crippen LogP contribution in [0, 0.1) is 11.5 Å². The fraction of sp³-hybridized carbons (Fsp3) is 0.300. The molecule has 74 valence electrons. The van der Waals surface area contributed by atoms with Gasteiger partial charge in [-0.2, -0.15) is 0 Å². The smallest absolute Gasteiger partial charge is 0.129 e. The van der Waals surface area contributed by atoms with Gasteiger partial charge in [-0.25, -0.2) is 4.98 Å². The molecule has 1 heterocycles. The molecule has 1 rings (SSSR count). The summed E-state index contributed by atoms with van der Waals surface area (Å²) >= 11 is 5.82. The van der Waals surface area contributed by atoms with Crippen molar-refractivity contribution in [3.8, 4) is 11.5 Å². The zero-order valence-corrected chi connectivity index (χ0v) is 10.3. The normalized spacial score (nSPS) is 10.6. The predicted octanol–water partition coefficient (Wildman–Crippen LogP) is 2.55. The minimum atomic E-state index is -1.36. The fourth-order valence-corrected chi connectivity index (χ4v) is 1.55. The first-order valence-electron chi connectivity index (χ1n) is 4.33. The third-order valence-electron chi connectivity index (χ3n) is 1.38. The molecule has 0 bridgehead atoms. The van der Waals surface area contributed by atoms with Crippen LogP contribution in [0.15, 0.2) is 12.1 Å². The molecule has 1 aromatic rings. The van der Waals surface area contributed by atoms with Gasteiger partial charge in [-0.3, -0.25) is 0 Å². The van der Waals surface area contributed by atoms with Crippen molar-refractivity contribution in [1.29, 1.82) is 0 Å². The van der Waals surface area contributed by atoms with Crippen LogP contribution >= 0.6 is 11.6 Å². The molecular weight excluding hydrogens is 212 g/mol. The molecule has 0 atom stereocenters. The second-order valence-electron chi connectivity index (χ2n) is 4.10. The van der Waals surface area contributed by atoms with Gasteiger partial charge in [0, 0.05) is 5.02 Å². The van der Waals surface area contributed by atoms with E-state index in [1.165, 1.54) is 0 Å². The maximum Gasteiger partial charge on any atom is 0.129 e. The van der Waals surface area contributed by atoms with Gasteiger partial charge in [0.2, 0.25) is 0 Å². The molecule has 0 aliphatic rings. The molecule has 0 saturated carbocycles. The number of halogens is 1. The van der Waals surface area contributed by atoms with E-state index in [0.29, 0.717) is 16.5 Å². The van der Waals surface area contributed by atoms with Crippen LogP contribution < -0.4 is 5.73 Å². The summed E-state index contributed by atoms with van der Waals surface area (Å²) in [4.78, 5) is 4.08. The van der Waals surface area contributed by atoms with Gasteiger partial charge in [0.05, 0.1) is 0 Å². The quantitative estimate of drug-likeness (QED) is 0.544. The Morgan fingerprint density at radius 2 is 2.00 bits per heavy atom. The highest BCUT2D eigenvalue weighted by atomic mass is 35.5. The molecule has 0 fully saturated rings. The molecule has 2 N–H and O–H groups in total. The van der Waals surface area contributed by atoms with E-state index in [1.54, 1.807) is 12.1 Å². The molecular formula is C10H13ClN2Si. The fourth-order valence-electron chi connectivity index (χ4n) is 0.833. The van der Waals surface area contributed by atoms with E-state index < -0.39 is 8.07 Å². The van der Waals surface area contributed by atoms with Crippen molar-refractivity contribution in [3.05, 3.63) is 22.8 Å². The summed E-state index contributed by atoms with van der Waals surface area (Å²) < 4.78 is 0. The first-order valence-corrected chi connectivity index (χ1v) is 8.21. The van der Waals surface area contributed by atoms with Crippen molar-refractivity contribution in [2.24, 2.45) is 0 Å². The lowest BCUT2D eigenvalue weighted by Crippen LogP contribution is -2.16. The SMILES string of the molecule is C[Si](C)(C)C#Cc1cc(Cl)cc(N)n1. The Balaban J connectivity index is 3.02. The molecule has 2 nitrogen and oxygen atoms in total. The Hall–Kier alpha value is -0.983. The lowest BCUT2D eigenvalue weighted by Gasteiger charge is -2.03. The van der Waals surface area contributed by atoms with E-state index in [2.05, 4.69) is 36.1 Å². The van der Waals surface area contributed by atoms with Crippen LogP contribution in [0.5, 0.6) is 0 Å². The van der Waals surface area contributed by atoms with Crippen LogP contribution in [-0.4, -0.2) is 13.1 Å². The van der Waals surface area contributed by atoms with Crippen LogP contribution in [0.2, 0.25) is 24.7 Å². The minimum absolute atomic E-state index is 0.414. The molecule has 0 aromatic carbocycles. The molecule has 4 heteroatoms. The highest BCUT2D eigenvalue weighted by molar-refractivity contribution is 6.83. The Morgan fingerprint density at radius 1 is 1.36 bits per heavy atom. The number of hydrogen-bond acceptors (Lipinski definition) is 2. The first-order chi connectivity index (χ1) is 6.37. The minimum Gasteiger partial charge on any atom is -0.384 e. The second kappa shape index (κ2) is 4.03. The summed E-state index contributed by atoms with van der Waals surface area (Å²) in [5, 5.41) is 0.581. The summed E-state index contributed by atoms with van der Waals surface area (Å²) in [6, 6.07) is 3.34. The lowest BCUT2D eigenvalue weighted by molar-refractivity contribution is 1.30. The lowest BCUT2D eigenvalue weighted by atomic mass is 10.3. The van der Waals surface area contributed by atoms with Gasteiger partial charge in [0.15, 0.2) is 0 Å². The molecule has 0 aliphatic heterocycles. The zero-order valence-electron chi connectivity index (χ0n) is 8.56. The monoisotopic (exact) mass is 224 g/mol. The number of pyridine rings is 1. The van der Waals surface area contributed by atoms with Gasteiger partial charge in [-0.15, -0.1) is 5.54 Å². The molecule has 0 aliphatic carbocycles. The summed E-state index contributed by atoms with van der Waals surface area (Å²) in [5.41, 5.74) is 9.40. The molecule has 0 amide bonds. The van der Waals surface area contributed by atoms with Crippen LogP contribution in [0.25, 0.3) is 0 Å². The third-order valence-corrected chi connectivity index (χ3v) is 2.47. The van der Waals surface area contributed by atoms with E-state index >= 15 is 0 Å². The number of anilines is 1. The molecule has 0 unspecified atom stereocenters. The van der Waals surface area contributed by atoms with Gasteiger partial charge in [0.25, 0.3) is 0 Å². The predicted molar refractivity (Wildman–Crippen MR) is 63.9 cm³/mol. The average Bonchev–Trinajstić information content (AvgIpc) is 1.97. The van der Waals surface area contributed by atoms with Crippen molar-refractivity contribution in [2.45, 2.75) is 19.6 Å². The van der Waals surface area contributed by atoms with Crippen molar-refractivity contribution < 1.29 is 0 Å². The van der Waals surface area contributed by atoms with Crippen LogP contribution in [0.4, 0.5) is 5.82 Å². The van der Waals surface area contributed by atoms with Crippen molar-refractivity contribution in [2.75, 3.05) is 5.73 Å². The Labute approximate surface area is 90.5 Å². The molecule has 0 saturated heterocycles. The van der Waals surface area contributed by atoms with E-state index in [0.717, 1.165) is 0 Å². The summed E-state index contributed by atoms with van der Waals surface area (Å²) in [6.07, 6.45) is 0. The first kappa shape index (κ1) is 11.1. The van der Waals surface area contributed by atoms with E-state index in [1.807, 2.05) is 0 Å². The third kappa shape index (κ3) is 3.82. The summed E-state index contributed by atoms with van der Waals surface area (Å²) in [5.74, 6) is 3.42. The number of hydrogen-bond donors (Lipinski definition) is 1. The standard InChI is InChI=1S/C10H13ClN2Si/c1-14(2,3)5-4-9-6-8(11)7-10(12)13-9/h6-7H,1-3H3,(H2,12,13). The highest BCUT2D eigenvalue weighted by Crippen LogP contribution is 2.12. The van der Waals surface area contributed by atoms with Crippen molar-refractivity contribution >= 4 is 25.5 Å². The largest absolute Gasteiger partial charge is 0.384 e. The number of nitrogens with zero attached hydrogens (tertiary/aromatic N) is 1. The molecule has 0 radical (unpaired) electrons. The number of nitrogens with two attached hydrogens (primary N) is 1. The van der Waals surface area contributed by atoms with Crippen LogP contribution in [-0.2, 0) is 0 Å². The number of rotatable bonds is 0. The summed E-state index contributed by atoms with van der Waals surface area (Å²) in [7, 11) is -1.36. The van der Waals surface area contributed by atoms with E-state index in [9.17, 15) is 0 Å². The Kier molecular flexibility index (Phi) is 3.20. The second-order valence-corrected chi connectivity index (χ2v) is 9.28. The topological polar surface area (TPSA) is 38.9 Å². The van der Waals surface area contributed by atoms with Gasteiger partial charge in [0.1, 0.15) is 19.6 Å². The Bertz CT molecular complexity index is 379. The van der Waals surface area contributed by atoms with Crippen LogP contribution in [0.3, 0.4) is 0 Å². The van der Waals surface area contributed by atoms with Gasteiger partial charge in [-0.1, -0.05) is 37.2 Å². The highest BCUT2D eigenvalue weighted by Gasteiger charge is 2.07. The van der Waals surface area contributed by atoms with Crippen molar-refractivity contribution in [1.82, 2.24) is 4.98 Å². The maximum atomic E-state index is 5.82. The maximum absolute atomic E-state index is 5.82. The zero-order chi connectivity index (χ0) is 10.8.